The van der Waals surface area contributed by atoms with E-state index >= 15 is 0 Å². The number of amides is 1. The van der Waals surface area contributed by atoms with Gasteiger partial charge in [0.25, 0.3) is 5.91 Å². The number of rotatable bonds is 6. The molecule has 7 nitrogen and oxygen atoms in total. The number of hydrogen-bond donors (Lipinski definition) is 1. The number of anilines is 1. The van der Waals surface area contributed by atoms with Crippen LogP contribution in [0.5, 0.6) is 23.0 Å². The maximum atomic E-state index is 13.0. The standard InChI is InChI=1S/C24H21NO6/c1-28-15-11-12-18(21(13-15)29-2)25-22(26)14-30-24(27)23-16-7-3-5-9-19(16)31-20-10-6-4-8-17(20)23/h3-13,23H,14H2,1-2H3,(H,25,26). The SMILES string of the molecule is COc1ccc(NC(=O)COC(=O)C2c3ccccc3Oc3ccccc32)c(OC)c1. The zero-order valence-electron chi connectivity index (χ0n) is 17.1. The van der Waals surface area contributed by atoms with Gasteiger partial charge in [0.1, 0.15) is 28.9 Å². The van der Waals surface area contributed by atoms with Crippen molar-refractivity contribution < 1.29 is 28.5 Å². The lowest BCUT2D eigenvalue weighted by Gasteiger charge is -2.26. The van der Waals surface area contributed by atoms with E-state index in [1.807, 2.05) is 36.4 Å². The fraction of sp³-hybridized carbons (Fsp3) is 0.167. The van der Waals surface area contributed by atoms with Gasteiger partial charge in [-0.25, -0.2) is 0 Å². The molecule has 31 heavy (non-hydrogen) atoms. The van der Waals surface area contributed by atoms with Gasteiger partial charge in [-0.05, 0) is 24.3 Å². The van der Waals surface area contributed by atoms with Crippen LogP contribution in [0.25, 0.3) is 0 Å². The van der Waals surface area contributed by atoms with Crippen LogP contribution >= 0.6 is 0 Å². The van der Waals surface area contributed by atoms with Gasteiger partial charge in [0.15, 0.2) is 6.61 Å². The van der Waals surface area contributed by atoms with Crippen LogP contribution in [0.1, 0.15) is 17.0 Å². The van der Waals surface area contributed by atoms with Crippen LogP contribution in [0.15, 0.2) is 66.7 Å². The Kier molecular flexibility index (Phi) is 5.75. The Balaban J connectivity index is 1.48. The van der Waals surface area contributed by atoms with Gasteiger partial charge in [0, 0.05) is 17.2 Å². The molecule has 0 aliphatic carbocycles. The lowest BCUT2D eigenvalue weighted by atomic mass is 9.88. The van der Waals surface area contributed by atoms with Gasteiger partial charge in [-0.15, -0.1) is 0 Å². The highest BCUT2D eigenvalue weighted by molar-refractivity contribution is 5.95. The minimum Gasteiger partial charge on any atom is -0.497 e. The molecule has 0 fully saturated rings. The molecular formula is C24H21NO6. The second-order valence-electron chi connectivity index (χ2n) is 6.83. The lowest BCUT2D eigenvalue weighted by molar-refractivity contribution is -0.148. The minimum atomic E-state index is -0.676. The largest absolute Gasteiger partial charge is 0.497 e. The maximum Gasteiger partial charge on any atom is 0.318 e. The number of esters is 1. The lowest BCUT2D eigenvalue weighted by Crippen LogP contribution is -2.26. The van der Waals surface area contributed by atoms with E-state index in [-0.39, 0.29) is 0 Å². The first-order chi connectivity index (χ1) is 15.1. The van der Waals surface area contributed by atoms with Crippen molar-refractivity contribution in [2.45, 2.75) is 5.92 Å². The van der Waals surface area contributed by atoms with Crippen LogP contribution in [0.2, 0.25) is 0 Å². The van der Waals surface area contributed by atoms with E-state index in [4.69, 9.17) is 18.9 Å². The number of benzene rings is 3. The maximum absolute atomic E-state index is 13.0. The monoisotopic (exact) mass is 419 g/mol. The summed E-state index contributed by atoms with van der Waals surface area (Å²) in [6.07, 6.45) is 0. The van der Waals surface area contributed by atoms with Gasteiger partial charge in [0.05, 0.1) is 19.9 Å². The molecule has 0 spiro atoms. The second kappa shape index (κ2) is 8.79. The van der Waals surface area contributed by atoms with Crippen LogP contribution in [0.4, 0.5) is 5.69 Å². The number of carbonyl (C=O) groups is 2. The van der Waals surface area contributed by atoms with Crippen molar-refractivity contribution in [3.63, 3.8) is 0 Å². The summed E-state index contributed by atoms with van der Waals surface area (Å²) in [5.74, 6) is 0.533. The Bertz CT molecular complexity index is 1080. The van der Waals surface area contributed by atoms with Crippen molar-refractivity contribution in [3.05, 3.63) is 77.9 Å². The summed E-state index contributed by atoms with van der Waals surface area (Å²) in [6, 6.07) is 19.6. The molecule has 3 aromatic rings. The molecule has 0 unspecified atom stereocenters. The molecule has 1 N–H and O–H groups in total. The summed E-state index contributed by atoms with van der Waals surface area (Å²) in [4.78, 5) is 25.4. The number of carbonyl (C=O) groups excluding carboxylic acids is 2. The van der Waals surface area contributed by atoms with E-state index in [0.29, 0.717) is 39.8 Å². The molecule has 1 heterocycles. The number of nitrogens with one attached hydrogen (secondary N) is 1. The van der Waals surface area contributed by atoms with E-state index in [1.165, 1.54) is 7.11 Å². The fourth-order valence-electron chi connectivity index (χ4n) is 3.47. The fourth-order valence-corrected chi connectivity index (χ4v) is 3.47. The Morgan fingerprint density at radius 1 is 0.903 bits per heavy atom. The van der Waals surface area contributed by atoms with E-state index in [9.17, 15) is 9.59 Å². The Morgan fingerprint density at radius 3 is 2.16 bits per heavy atom. The highest BCUT2D eigenvalue weighted by atomic mass is 16.5. The van der Waals surface area contributed by atoms with Crippen molar-refractivity contribution in [1.29, 1.82) is 0 Å². The van der Waals surface area contributed by atoms with Crippen LogP contribution in [0, 0.1) is 0 Å². The smallest absolute Gasteiger partial charge is 0.318 e. The molecule has 0 saturated heterocycles. The highest BCUT2D eigenvalue weighted by Crippen LogP contribution is 2.44. The molecule has 3 aromatic carbocycles. The first-order valence-electron chi connectivity index (χ1n) is 9.65. The molecule has 0 aromatic heterocycles. The van der Waals surface area contributed by atoms with Crippen LogP contribution in [0.3, 0.4) is 0 Å². The number of para-hydroxylation sites is 2. The zero-order valence-corrected chi connectivity index (χ0v) is 17.1. The summed E-state index contributed by atoms with van der Waals surface area (Å²) < 4.78 is 21.7. The van der Waals surface area contributed by atoms with Crippen LogP contribution in [-0.2, 0) is 14.3 Å². The Labute approximate surface area is 179 Å². The van der Waals surface area contributed by atoms with E-state index in [2.05, 4.69) is 5.32 Å². The van der Waals surface area contributed by atoms with Gasteiger partial charge >= 0.3 is 5.97 Å². The molecule has 0 atom stereocenters. The van der Waals surface area contributed by atoms with Crippen molar-refractivity contribution in [2.24, 2.45) is 0 Å². The van der Waals surface area contributed by atoms with Crippen LogP contribution < -0.4 is 19.5 Å². The number of fused-ring (bicyclic) bond motifs is 2. The average molecular weight is 419 g/mol. The first kappa shape index (κ1) is 20.3. The summed E-state index contributed by atoms with van der Waals surface area (Å²) in [5.41, 5.74) is 1.85. The summed E-state index contributed by atoms with van der Waals surface area (Å²) in [7, 11) is 3.03. The molecule has 0 saturated carbocycles. The van der Waals surface area contributed by atoms with Crippen molar-refractivity contribution in [1.82, 2.24) is 0 Å². The molecule has 0 bridgehead atoms. The van der Waals surface area contributed by atoms with E-state index in [0.717, 1.165) is 0 Å². The predicted octanol–water partition coefficient (Wildman–Crippen LogP) is 4.12. The Hall–Kier alpha value is -4.00. The quantitative estimate of drug-likeness (QED) is 0.605. The third-order valence-electron chi connectivity index (χ3n) is 4.94. The van der Waals surface area contributed by atoms with Crippen molar-refractivity contribution in [2.75, 3.05) is 26.1 Å². The number of ether oxygens (including phenoxy) is 4. The zero-order chi connectivity index (χ0) is 21.8. The van der Waals surface area contributed by atoms with E-state index < -0.39 is 24.4 Å². The molecule has 7 heteroatoms. The Morgan fingerprint density at radius 2 is 1.55 bits per heavy atom. The van der Waals surface area contributed by atoms with Crippen LogP contribution in [-0.4, -0.2) is 32.7 Å². The van der Waals surface area contributed by atoms with Crippen molar-refractivity contribution >= 4 is 17.6 Å². The molecule has 1 aliphatic rings. The molecule has 158 valence electrons. The van der Waals surface area contributed by atoms with Gasteiger partial charge in [-0.3, -0.25) is 9.59 Å². The normalized spacial score (nSPS) is 12.1. The molecule has 0 radical (unpaired) electrons. The second-order valence-corrected chi connectivity index (χ2v) is 6.83. The molecule has 1 aliphatic heterocycles. The van der Waals surface area contributed by atoms with Crippen molar-refractivity contribution in [3.8, 4) is 23.0 Å². The van der Waals surface area contributed by atoms with Gasteiger partial charge < -0.3 is 24.3 Å². The minimum absolute atomic E-state index is 0.435. The van der Waals surface area contributed by atoms with Gasteiger partial charge in [-0.1, -0.05) is 36.4 Å². The molecular weight excluding hydrogens is 398 g/mol. The van der Waals surface area contributed by atoms with Gasteiger partial charge in [0.2, 0.25) is 0 Å². The topological polar surface area (TPSA) is 83.1 Å². The first-order valence-corrected chi connectivity index (χ1v) is 9.65. The molecule has 4 rings (SSSR count). The molecule has 1 amide bonds. The van der Waals surface area contributed by atoms with E-state index in [1.54, 1.807) is 37.4 Å². The summed E-state index contributed by atoms with van der Waals surface area (Å²) >= 11 is 0. The average Bonchev–Trinajstić information content (AvgIpc) is 2.81. The third kappa shape index (κ3) is 4.16. The highest BCUT2D eigenvalue weighted by Gasteiger charge is 2.33. The summed E-state index contributed by atoms with van der Waals surface area (Å²) in [6.45, 7) is -0.435. The number of hydrogen-bond acceptors (Lipinski definition) is 6. The predicted molar refractivity (Wildman–Crippen MR) is 114 cm³/mol. The summed E-state index contributed by atoms with van der Waals surface area (Å²) in [5, 5.41) is 2.69. The number of methoxy groups -OCH3 is 2. The van der Waals surface area contributed by atoms with Gasteiger partial charge in [-0.2, -0.15) is 0 Å². The third-order valence-corrected chi connectivity index (χ3v) is 4.94.